The number of aliphatic hydroxyl groups is 1. The van der Waals surface area contributed by atoms with Gasteiger partial charge in [-0.15, -0.1) is 0 Å². The zero-order valence-electron chi connectivity index (χ0n) is 15.6. The molecular weight excluding hydrogens is 394 g/mol. The van der Waals surface area contributed by atoms with E-state index in [0.717, 1.165) is 0 Å². The van der Waals surface area contributed by atoms with E-state index in [0.29, 0.717) is 36.0 Å². The fourth-order valence-electron chi connectivity index (χ4n) is 3.13. The van der Waals surface area contributed by atoms with Gasteiger partial charge in [-0.2, -0.15) is 4.31 Å². The molecule has 3 aromatic rings. The van der Waals surface area contributed by atoms with Crippen LogP contribution in [0.5, 0.6) is 11.5 Å². The molecule has 0 spiro atoms. The van der Waals surface area contributed by atoms with Gasteiger partial charge in [-0.3, -0.25) is 0 Å². The Kier molecular flexibility index (Phi) is 5.57. The Morgan fingerprint density at radius 3 is 2.45 bits per heavy atom. The van der Waals surface area contributed by atoms with Crippen LogP contribution < -0.4 is 9.47 Å². The number of furan rings is 1. The van der Waals surface area contributed by atoms with Crippen LogP contribution in [0.3, 0.4) is 0 Å². The molecule has 0 saturated heterocycles. The number of ether oxygens (including phenoxy) is 2. The van der Waals surface area contributed by atoms with E-state index in [1.165, 1.54) is 22.7 Å². The number of aliphatic hydroxyl groups excluding tert-OH is 1. The molecular formula is C21H21NO6S. The van der Waals surface area contributed by atoms with Crippen LogP contribution in [-0.4, -0.2) is 37.6 Å². The van der Waals surface area contributed by atoms with Gasteiger partial charge in [0, 0.05) is 12.6 Å². The van der Waals surface area contributed by atoms with E-state index in [1.54, 1.807) is 42.5 Å². The SMILES string of the molecule is O=S(=O)(c1ccc2c(c1)OCCO2)N(Cc1ccco1)C[C@@H](O)c1ccccc1. The largest absolute Gasteiger partial charge is 0.486 e. The van der Waals surface area contributed by atoms with Crippen LogP contribution in [0.2, 0.25) is 0 Å². The Morgan fingerprint density at radius 2 is 1.72 bits per heavy atom. The fraction of sp³-hybridized carbons (Fsp3) is 0.238. The van der Waals surface area contributed by atoms with Gasteiger partial charge in [-0.05, 0) is 29.8 Å². The first-order chi connectivity index (χ1) is 14.0. The standard InChI is InChI=1S/C21H21NO6S/c23-19(16-5-2-1-3-6-16)15-22(14-17-7-4-10-26-17)29(24,25)18-8-9-20-21(13-18)28-12-11-27-20/h1-10,13,19,23H,11-12,14-15H2/t19-/m1/s1. The summed E-state index contributed by atoms with van der Waals surface area (Å²) in [6.07, 6.45) is 0.496. The summed E-state index contributed by atoms with van der Waals surface area (Å²) < 4.78 is 44.3. The van der Waals surface area contributed by atoms with Crippen molar-refractivity contribution in [2.24, 2.45) is 0 Å². The molecule has 1 aliphatic heterocycles. The summed E-state index contributed by atoms with van der Waals surface area (Å²) in [5.74, 6) is 1.38. The Labute approximate surface area is 169 Å². The summed E-state index contributed by atoms with van der Waals surface area (Å²) in [5, 5.41) is 10.6. The molecule has 2 aromatic carbocycles. The van der Waals surface area contributed by atoms with E-state index >= 15 is 0 Å². The van der Waals surface area contributed by atoms with Crippen molar-refractivity contribution in [3.05, 3.63) is 78.3 Å². The minimum atomic E-state index is -3.94. The molecule has 1 aromatic heterocycles. The molecule has 1 atom stereocenters. The lowest BCUT2D eigenvalue weighted by Crippen LogP contribution is -2.34. The van der Waals surface area contributed by atoms with E-state index in [2.05, 4.69) is 0 Å². The summed E-state index contributed by atoms with van der Waals surface area (Å²) >= 11 is 0. The maximum atomic E-state index is 13.4. The predicted molar refractivity (Wildman–Crippen MR) is 105 cm³/mol. The maximum absolute atomic E-state index is 13.4. The highest BCUT2D eigenvalue weighted by Gasteiger charge is 2.29. The summed E-state index contributed by atoms with van der Waals surface area (Å²) in [7, 11) is -3.94. The van der Waals surface area contributed by atoms with Gasteiger partial charge < -0.3 is 19.0 Å². The Balaban J connectivity index is 1.65. The van der Waals surface area contributed by atoms with Gasteiger partial charge in [0.1, 0.15) is 19.0 Å². The van der Waals surface area contributed by atoms with Crippen molar-refractivity contribution in [1.29, 1.82) is 0 Å². The first-order valence-corrected chi connectivity index (χ1v) is 10.6. The van der Waals surface area contributed by atoms with Crippen LogP contribution >= 0.6 is 0 Å². The molecule has 7 nitrogen and oxygen atoms in total. The molecule has 1 aliphatic rings. The van der Waals surface area contributed by atoms with Crippen LogP contribution in [0.1, 0.15) is 17.4 Å². The molecule has 0 bridgehead atoms. The molecule has 0 fully saturated rings. The van der Waals surface area contributed by atoms with Crippen molar-refractivity contribution in [3.8, 4) is 11.5 Å². The number of hydrogen-bond acceptors (Lipinski definition) is 6. The topological polar surface area (TPSA) is 89.2 Å². The van der Waals surface area contributed by atoms with Crippen molar-refractivity contribution >= 4 is 10.0 Å². The summed E-state index contributed by atoms with van der Waals surface area (Å²) in [5.41, 5.74) is 0.634. The number of benzene rings is 2. The van der Waals surface area contributed by atoms with Crippen molar-refractivity contribution < 1.29 is 27.4 Å². The van der Waals surface area contributed by atoms with Crippen molar-refractivity contribution in [2.45, 2.75) is 17.5 Å². The van der Waals surface area contributed by atoms with E-state index in [1.807, 2.05) is 6.07 Å². The minimum Gasteiger partial charge on any atom is -0.486 e. The average molecular weight is 415 g/mol. The second kappa shape index (κ2) is 8.28. The van der Waals surface area contributed by atoms with E-state index < -0.39 is 16.1 Å². The van der Waals surface area contributed by atoms with Crippen LogP contribution in [0.25, 0.3) is 0 Å². The molecule has 29 heavy (non-hydrogen) atoms. The molecule has 2 heterocycles. The first kappa shape index (κ1) is 19.5. The fourth-order valence-corrected chi connectivity index (χ4v) is 4.56. The third-order valence-electron chi connectivity index (χ3n) is 4.62. The molecule has 152 valence electrons. The monoisotopic (exact) mass is 415 g/mol. The lowest BCUT2D eigenvalue weighted by Gasteiger charge is -2.25. The maximum Gasteiger partial charge on any atom is 0.243 e. The Bertz CT molecular complexity index is 1050. The summed E-state index contributed by atoms with van der Waals surface area (Å²) in [6.45, 7) is 0.654. The lowest BCUT2D eigenvalue weighted by molar-refractivity contribution is 0.143. The average Bonchev–Trinajstić information content (AvgIpc) is 3.26. The number of hydrogen-bond donors (Lipinski definition) is 1. The molecule has 0 saturated carbocycles. The van der Waals surface area contributed by atoms with E-state index in [9.17, 15) is 13.5 Å². The normalized spacial score (nSPS) is 14.7. The highest BCUT2D eigenvalue weighted by atomic mass is 32.2. The molecule has 0 unspecified atom stereocenters. The number of fused-ring (bicyclic) bond motifs is 1. The molecule has 0 aliphatic carbocycles. The van der Waals surface area contributed by atoms with Gasteiger partial charge in [0.2, 0.25) is 10.0 Å². The first-order valence-electron chi connectivity index (χ1n) is 9.19. The number of nitrogens with zero attached hydrogens (tertiary/aromatic N) is 1. The molecule has 8 heteroatoms. The Morgan fingerprint density at radius 1 is 0.966 bits per heavy atom. The van der Waals surface area contributed by atoms with Crippen LogP contribution in [-0.2, 0) is 16.6 Å². The molecule has 0 radical (unpaired) electrons. The quantitative estimate of drug-likeness (QED) is 0.638. The van der Waals surface area contributed by atoms with Gasteiger partial charge in [-0.25, -0.2) is 8.42 Å². The number of sulfonamides is 1. The molecule has 0 amide bonds. The van der Waals surface area contributed by atoms with Crippen LogP contribution in [0.4, 0.5) is 0 Å². The molecule has 4 rings (SSSR count). The molecule has 1 N–H and O–H groups in total. The predicted octanol–water partition coefficient (Wildman–Crippen LogP) is 2.98. The second-order valence-corrected chi connectivity index (χ2v) is 8.55. The highest BCUT2D eigenvalue weighted by Crippen LogP contribution is 2.34. The second-order valence-electron chi connectivity index (χ2n) is 6.61. The Hall–Kier alpha value is -2.81. The zero-order chi connectivity index (χ0) is 20.3. The lowest BCUT2D eigenvalue weighted by atomic mass is 10.1. The third-order valence-corrected chi connectivity index (χ3v) is 6.43. The highest BCUT2D eigenvalue weighted by molar-refractivity contribution is 7.89. The smallest absolute Gasteiger partial charge is 0.243 e. The third kappa shape index (κ3) is 4.29. The number of rotatable bonds is 7. The van der Waals surface area contributed by atoms with Crippen molar-refractivity contribution in [1.82, 2.24) is 4.31 Å². The summed E-state index contributed by atoms with van der Waals surface area (Å²) in [4.78, 5) is 0.0635. The van der Waals surface area contributed by atoms with Crippen LogP contribution in [0.15, 0.2) is 76.2 Å². The van der Waals surface area contributed by atoms with Crippen molar-refractivity contribution in [2.75, 3.05) is 19.8 Å². The van der Waals surface area contributed by atoms with Crippen LogP contribution in [0, 0.1) is 0 Å². The minimum absolute atomic E-state index is 0.00628. The van der Waals surface area contributed by atoms with Gasteiger partial charge in [0.25, 0.3) is 0 Å². The zero-order valence-corrected chi connectivity index (χ0v) is 16.4. The van der Waals surface area contributed by atoms with E-state index in [4.69, 9.17) is 13.9 Å². The van der Waals surface area contributed by atoms with E-state index in [-0.39, 0.29) is 18.0 Å². The van der Waals surface area contributed by atoms with Gasteiger partial charge in [-0.1, -0.05) is 30.3 Å². The van der Waals surface area contributed by atoms with Gasteiger partial charge in [0.15, 0.2) is 11.5 Å². The van der Waals surface area contributed by atoms with Gasteiger partial charge in [0.05, 0.1) is 23.8 Å². The van der Waals surface area contributed by atoms with Gasteiger partial charge >= 0.3 is 0 Å². The summed E-state index contributed by atoms with van der Waals surface area (Å²) in [6, 6.07) is 16.8. The van der Waals surface area contributed by atoms with Crippen molar-refractivity contribution in [3.63, 3.8) is 0 Å².